The lowest BCUT2D eigenvalue weighted by atomic mass is 10.0. The Hall–Kier alpha value is -2.46. The van der Waals surface area contributed by atoms with E-state index >= 15 is 0 Å². The molecule has 0 aliphatic rings. The lowest BCUT2D eigenvalue weighted by Gasteiger charge is -2.13. The van der Waals surface area contributed by atoms with Gasteiger partial charge in [-0.1, -0.05) is 62.4 Å². The smallest absolute Gasteiger partial charge is 0.223 e. The van der Waals surface area contributed by atoms with Crippen LogP contribution in [-0.2, 0) is 11.3 Å². The monoisotopic (exact) mass is 364 g/mol. The van der Waals surface area contributed by atoms with Crippen molar-refractivity contribution in [2.24, 2.45) is 5.92 Å². The lowest BCUT2D eigenvalue weighted by molar-refractivity contribution is -0.125. The average Bonchev–Trinajstić information content (AvgIpc) is 3.18. The number of carbonyl (C=O) groups is 1. The summed E-state index contributed by atoms with van der Waals surface area (Å²) in [7, 11) is 0. The minimum Gasteiger partial charge on any atom is -0.352 e. The minimum absolute atomic E-state index is 0.102. The lowest BCUT2D eigenvalue weighted by Crippen LogP contribution is -2.29. The van der Waals surface area contributed by atoms with Gasteiger partial charge in [-0.05, 0) is 24.5 Å². The molecule has 0 atom stereocenters. The molecule has 0 spiro atoms. The molecule has 0 unspecified atom stereocenters. The van der Waals surface area contributed by atoms with Crippen LogP contribution in [0.2, 0.25) is 0 Å². The van der Waals surface area contributed by atoms with Gasteiger partial charge in [-0.3, -0.25) is 4.79 Å². The second-order valence-corrected chi connectivity index (χ2v) is 7.19. The molecule has 0 fully saturated rings. The fourth-order valence-electron chi connectivity index (χ4n) is 2.96. The van der Waals surface area contributed by atoms with E-state index in [9.17, 15) is 4.79 Å². The summed E-state index contributed by atoms with van der Waals surface area (Å²) in [5, 5.41) is 6.14. The van der Waals surface area contributed by atoms with Crippen LogP contribution in [0.1, 0.15) is 32.3 Å². The van der Waals surface area contributed by atoms with Crippen molar-refractivity contribution in [3.8, 4) is 21.8 Å². The summed E-state index contributed by atoms with van der Waals surface area (Å²) in [6.45, 7) is 4.67. The minimum atomic E-state index is 0.102. The normalized spacial score (nSPS) is 10.9. The van der Waals surface area contributed by atoms with Crippen LogP contribution < -0.4 is 5.32 Å². The maximum Gasteiger partial charge on any atom is 0.223 e. The Balaban J connectivity index is 1.72. The first kappa shape index (κ1) is 18.3. The van der Waals surface area contributed by atoms with Gasteiger partial charge in [0.15, 0.2) is 0 Å². The average molecular weight is 365 g/mol. The van der Waals surface area contributed by atoms with Crippen molar-refractivity contribution >= 4 is 17.2 Å². The van der Waals surface area contributed by atoms with Gasteiger partial charge in [0.2, 0.25) is 5.91 Å². The van der Waals surface area contributed by atoms with Crippen LogP contribution in [0.15, 0.2) is 60.0 Å². The van der Waals surface area contributed by atoms with Gasteiger partial charge in [0.1, 0.15) is 5.01 Å². The van der Waals surface area contributed by atoms with Crippen molar-refractivity contribution in [2.45, 2.75) is 33.2 Å². The van der Waals surface area contributed by atoms with Crippen molar-refractivity contribution in [1.29, 1.82) is 0 Å². The molecule has 0 bridgehead atoms. The number of amides is 1. The third kappa shape index (κ3) is 4.38. The fraction of sp³-hybridized carbons (Fsp3) is 0.273. The van der Waals surface area contributed by atoms with Gasteiger partial charge in [-0.2, -0.15) is 0 Å². The molecule has 1 heterocycles. The van der Waals surface area contributed by atoms with Crippen LogP contribution in [0.25, 0.3) is 21.8 Å². The molecule has 134 valence electrons. The molecule has 3 nitrogen and oxygen atoms in total. The molecule has 3 aromatic rings. The second kappa shape index (κ2) is 8.77. The second-order valence-electron chi connectivity index (χ2n) is 6.34. The van der Waals surface area contributed by atoms with Gasteiger partial charge in [0.05, 0.1) is 5.69 Å². The Kier molecular flexibility index (Phi) is 6.18. The van der Waals surface area contributed by atoms with Crippen LogP contribution in [0.5, 0.6) is 0 Å². The number of nitrogens with zero attached hydrogens (tertiary/aromatic N) is 1. The number of hydrogen-bond donors (Lipinski definition) is 1. The van der Waals surface area contributed by atoms with Crippen molar-refractivity contribution in [1.82, 2.24) is 10.3 Å². The quantitative estimate of drug-likeness (QED) is 0.599. The van der Waals surface area contributed by atoms with E-state index in [0.29, 0.717) is 6.54 Å². The summed E-state index contributed by atoms with van der Waals surface area (Å²) in [6, 6.07) is 18.5. The van der Waals surface area contributed by atoms with E-state index in [-0.39, 0.29) is 11.8 Å². The van der Waals surface area contributed by atoms with Crippen molar-refractivity contribution in [3.63, 3.8) is 0 Å². The summed E-state index contributed by atoms with van der Waals surface area (Å²) in [5.74, 6) is 0.242. The number of nitrogens with one attached hydrogen (secondary N) is 1. The zero-order valence-corrected chi connectivity index (χ0v) is 16.1. The molecule has 1 N–H and O–H groups in total. The van der Waals surface area contributed by atoms with E-state index in [0.717, 1.165) is 40.2 Å². The molecule has 26 heavy (non-hydrogen) atoms. The van der Waals surface area contributed by atoms with Gasteiger partial charge in [0, 0.05) is 29.0 Å². The van der Waals surface area contributed by atoms with Crippen LogP contribution in [0.3, 0.4) is 0 Å². The van der Waals surface area contributed by atoms with E-state index in [1.54, 1.807) is 11.3 Å². The molecule has 1 aromatic heterocycles. The predicted octanol–water partition coefficient (Wildman–Crippen LogP) is 5.53. The number of aromatic nitrogens is 1. The summed E-state index contributed by atoms with van der Waals surface area (Å²) >= 11 is 1.64. The summed E-state index contributed by atoms with van der Waals surface area (Å²) in [4.78, 5) is 16.9. The van der Waals surface area contributed by atoms with Gasteiger partial charge in [-0.25, -0.2) is 4.98 Å². The first-order valence-electron chi connectivity index (χ1n) is 9.09. The van der Waals surface area contributed by atoms with E-state index in [2.05, 4.69) is 48.8 Å². The summed E-state index contributed by atoms with van der Waals surface area (Å²) in [5.41, 5.74) is 4.31. The Bertz CT molecular complexity index is 853. The Morgan fingerprint density at radius 3 is 2.50 bits per heavy atom. The maximum atomic E-state index is 12.2. The molecule has 0 radical (unpaired) electrons. The highest BCUT2D eigenvalue weighted by molar-refractivity contribution is 7.13. The molecule has 4 heteroatoms. The first-order chi connectivity index (χ1) is 12.7. The standard InChI is InChI=1S/C22H24N2OS/c1-3-17(4-2)21(25)23-14-16-9-8-12-19(13-16)22-24-20(15-26-22)18-10-6-5-7-11-18/h5-13,15,17H,3-4,14H2,1-2H3,(H,23,25). The summed E-state index contributed by atoms with van der Waals surface area (Å²) < 4.78 is 0. The van der Waals surface area contributed by atoms with Crippen molar-refractivity contribution in [3.05, 3.63) is 65.5 Å². The highest BCUT2D eigenvalue weighted by atomic mass is 32.1. The van der Waals surface area contributed by atoms with Gasteiger partial charge in [-0.15, -0.1) is 11.3 Å². The van der Waals surface area contributed by atoms with Gasteiger partial charge >= 0.3 is 0 Å². The van der Waals surface area contributed by atoms with Crippen molar-refractivity contribution < 1.29 is 4.79 Å². The molecule has 1 amide bonds. The summed E-state index contributed by atoms with van der Waals surface area (Å²) in [6.07, 6.45) is 1.76. The molecule has 0 saturated carbocycles. The molecular formula is C22H24N2OS. The number of benzene rings is 2. The zero-order valence-electron chi connectivity index (χ0n) is 15.2. The topological polar surface area (TPSA) is 42.0 Å². The molecule has 0 aliphatic heterocycles. The van der Waals surface area contributed by atoms with Crippen molar-refractivity contribution in [2.75, 3.05) is 0 Å². The highest BCUT2D eigenvalue weighted by Crippen LogP contribution is 2.29. The van der Waals surface area contributed by atoms with Crippen LogP contribution in [0, 0.1) is 5.92 Å². The third-order valence-electron chi connectivity index (χ3n) is 4.57. The maximum absolute atomic E-state index is 12.2. The largest absolute Gasteiger partial charge is 0.352 e. The third-order valence-corrected chi connectivity index (χ3v) is 5.46. The van der Waals surface area contributed by atoms with Gasteiger partial charge < -0.3 is 5.32 Å². The van der Waals surface area contributed by atoms with Gasteiger partial charge in [0.25, 0.3) is 0 Å². The van der Waals surface area contributed by atoms with E-state index in [1.807, 2.05) is 30.3 Å². The predicted molar refractivity (Wildman–Crippen MR) is 109 cm³/mol. The Morgan fingerprint density at radius 1 is 1.04 bits per heavy atom. The van der Waals surface area contributed by atoms with Crippen LogP contribution >= 0.6 is 11.3 Å². The number of carbonyl (C=O) groups excluding carboxylic acids is 1. The Morgan fingerprint density at radius 2 is 1.77 bits per heavy atom. The number of hydrogen-bond acceptors (Lipinski definition) is 3. The van der Waals surface area contributed by atoms with E-state index < -0.39 is 0 Å². The highest BCUT2D eigenvalue weighted by Gasteiger charge is 2.13. The van der Waals surface area contributed by atoms with E-state index in [1.165, 1.54) is 0 Å². The van der Waals surface area contributed by atoms with E-state index in [4.69, 9.17) is 4.98 Å². The molecule has 0 aliphatic carbocycles. The molecule has 3 rings (SSSR count). The number of thiazole rings is 1. The molecular weight excluding hydrogens is 340 g/mol. The first-order valence-corrected chi connectivity index (χ1v) is 9.97. The van der Waals surface area contributed by atoms with Crippen LogP contribution in [-0.4, -0.2) is 10.9 Å². The SMILES string of the molecule is CCC(CC)C(=O)NCc1cccc(-c2nc(-c3ccccc3)cs2)c1. The number of rotatable bonds is 7. The molecule has 0 saturated heterocycles. The zero-order chi connectivity index (χ0) is 18.4. The molecule has 2 aromatic carbocycles. The Labute approximate surface area is 159 Å². The van der Waals surface area contributed by atoms with Crippen LogP contribution in [0.4, 0.5) is 0 Å². The fourth-order valence-corrected chi connectivity index (χ4v) is 3.78.